The van der Waals surface area contributed by atoms with Gasteiger partial charge in [-0.25, -0.2) is 0 Å². The van der Waals surface area contributed by atoms with Crippen molar-refractivity contribution in [1.29, 1.82) is 0 Å². The predicted octanol–water partition coefficient (Wildman–Crippen LogP) is -0.276. The van der Waals surface area contributed by atoms with Crippen molar-refractivity contribution >= 4 is 17.9 Å². The average molecular weight is 260 g/mol. The first-order valence-corrected chi connectivity index (χ1v) is 5.70. The summed E-state index contributed by atoms with van der Waals surface area (Å²) in [7, 11) is 0. The Labute approximate surface area is 103 Å². The first-order valence-electron chi connectivity index (χ1n) is 5.70. The van der Waals surface area contributed by atoms with E-state index in [9.17, 15) is 14.4 Å². The summed E-state index contributed by atoms with van der Waals surface area (Å²) in [6.07, 6.45) is 0.375. The lowest BCUT2D eigenvalue weighted by Gasteiger charge is -2.30. The Morgan fingerprint density at radius 2 is 1.72 bits per heavy atom. The molecule has 3 atom stereocenters. The van der Waals surface area contributed by atoms with Crippen LogP contribution in [-0.2, 0) is 19.1 Å². The van der Waals surface area contributed by atoms with Crippen LogP contribution in [0.3, 0.4) is 0 Å². The van der Waals surface area contributed by atoms with Gasteiger partial charge < -0.3 is 20.1 Å². The fraction of sp³-hybridized carbons (Fsp3) is 0.727. The number of aliphatic hydroxyl groups is 1. The van der Waals surface area contributed by atoms with E-state index in [1.54, 1.807) is 0 Å². The molecule has 0 aromatic carbocycles. The van der Waals surface area contributed by atoms with Crippen LogP contribution in [0.25, 0.3) is 0 Å². The Kier molecular flexibility index (Phi) is 5.08. The van der Waals surface area contributed by atoms with Crippen molar-refractivity contribution < 1.29 is 34.4 Å². The maximum Gasteiger partial charge on any atom is 0.309 e. The van der Waals surface area contributed by atoms with Crippen molar-refractivity contribution in [1.82, 2.24) is 0 Å². The number of carboxylic acid groups (broad SMARTS) is 2. The first-order chi connectivity index (χ1) is 8.47. The number of carbonyl (C=O) groups is 3. The van der Waals surface area contributed by atoms with E-state index in [2.05, 4.69) is 0 Å². The van der Waals surface area contributed by atoms with E-state index >= 15 is 0 Å². The summed E-state index contributed by atoms with van der Waals surface area (Å²) in [6.45, 7) is -0.502. The summed E-state index contributed by atoms with van der Waals surface area (Å²) in [6, 6.07) is 0. The molecule has 1 aliphatic rings. The number of ether oxygens (including phenoxy) is 1. The fourth-order valence-electron chi connectivity index (χ4n) is 2.20. The molecule has 102 valence electrons. The van der Waals surface area contributed by atoms with Gasteiger partial charge in [-0.3, -0.25) is 14.4 Å². The van der Waals surface area contributed by atoms with E-state index in [0.717, 1.165) is 0 Å². The molecule has 18 heavy (non-hydrogen) atoms. The Hall–Kier alpha value is -1.63. The van der Waals surface area contributed by atoms with Gasteiger partial charge in [0.1, 0.15) is 6.61 Å². The third-order valence-electron chi connectivity index (χ3n) is 3.16. The summed E-state index contributed by atoms with van der Waals surface area (Å²) < 4.78 is 4.71. The number of hydrogen-bond donors (Lipinski definition) is 3. The van der Waals surface area contributed by atoms with E-state index in [0.29, 0.717) is 0 Å². The van der Waals surface area contributed by atoms with E-state index < -0.39 is 35.7 Å². The van der Waals surface area contributed by atoms with Gasteiger partial charge in [-0.2, -0.15) is 0 Å². The number of esters is 1. The molecule has 0 amide bonds. The zero-order chi connectivity index (χ0) is 13.7. The Morgan fingerprint density at radius 1 is 1.06 bits per heavy atom. The molecular formula is C11H16O7. The molecule has 3 N–H and O–H groups in total. The molecule has 1 saturated carbocycles. The minimum Gasteiger partial charge on any atom is -0.481 e. The van der Waals surface area contributed by atoms with Crippen molar-refractivity contribution in [3.63, 3.8) is 0 Å². The number of aliphatic carboxylic acids is 2. The summed E-state index contributed by atoms with van der Waals surface area (Å²) in [4.78, 5) is 33.5. The molecule has 1 rings (SSSR count). The second-order valence-electron chi connectivity index (χ2n) is 4.29. The molecule has 0 radical (unpaired) electrons. The van der Waals surface area contributed by atoms with Gasteiger partial charge in [-0.15, -0.1) is 0 Å². The quantitative estimate of drug-likeness (QED) is 0.581. The highest BCUT2D eigenvalue weighted by Gasteiger charge is 2.42. The SMILES string of the molecule is O=C(O)C1CCC(C(=O)OCCO)C(C(=O)O)C1. The Bertz CT molecular complexity index is 338. The monoisotopic (exact) mass is 260 g/mol. The third kappa shape index (κ3) is 3.43. The van der Waals surface area contributed by atoms with Crippen LogP contribution in [0.5, 0.6) is 0 Å². The molecule has 0 aromatic rings. The van der Waals surface area contributed by atoms with Gasteiger partial charge in [0, 0.05) is 0 Å². The highest BCUT2D eigenvalue weighted by atomic mass is 16.5. The normalized spacial score (nSPS) is 27.5. The topological polar surface area (TPSA) is 121 Å². The third-order valence-corrected chi connectivity index (χ3v) is 3.16. The zero-order valence-electron chi connectivity index (χ0n) is 9.74. The van der Waals surface area contributed by atoms with Crippen LogP contribution in [0.1, 0.15) is 19.3 Å². The van der Waals surface area contributed by atoms with Crippen molar-refractivity contribution in [2.45, 2.75) is 19.3 Å². The minimum absolute atomic E-state index is 0.0659. The van der Waals surface area contributed by atoms with Crippen molar-refractivity contribution in [3.05, 3.63) is 0 Å². The summed E-state index contributed by atoms with van der Waals surface area (Å²) in [5.74, 6) is -5.50. The van der Waals surface area contributed by atoms with E-state index in [4.69, 9.17) is 20.1 Å². The largest absolute Gasteiger partial charge is 0.481 e. The highest BCUT2D eigenvalue weighted by molar-refractivity contribution is 5.82. The van der Waals surface area contributed by atoms with Crippen LogP contribution in [0.4, 0.5) is 0 Å². The van der Waals surface area contributed by atoms with Gasteiger partial charge in [-0.05, 0) is 19.3 Å². The number of aliphatic hydroxyl groups excluding tert-OH is 1. The summed E-state index contributed by atoms with van der Waals surface area (Å²) in [5, 5.41) is 26.4. The zero-order valence-corrected chi connectivity index (χ0v) is 9.74. The molecule has 0 bridgehead atoms. The van der Waals surface area contributed by atoms with Crippen LogP contribution in [0.15, 0.2) is 0 Å². The standard InChI is InChI=1S/C11H16O7/c12-3-4-18-11(17)7-2-1-6(9(13)14)5-8(7)10(15)16/h6-8,12H,1-5H2,(H,13,14)(H,15,16). The van der Waals surface area contributed by atoms with Gasteiger partial charge in [0.15, 0.2) is 0 Å². The van der Waals surface area contributed by atoms with Gasteiger partial charge in [0.2, 0.25) is 0 Å². The van der Waals surface area contributed by atoms with Crippen LogP contribution in [0.2, 0.25) is 0 Å². The molecule has 0 aromatic heterocycles. The van der Waals surface area contributed by atoms with Crippen molar-refractivity contribution in [2.75, 3.05) is 13.2 Å². The molecule has 1 fully saturated rings. The van der Waals surface area contributed by atoms with Crippen LogP contribution in [-0.4, -0.2) is 46.4 Å². The van der Waals surface area contributed by atoms with Gasteiger partial charge in [-0.1, -0.05) is 0 Å². The lowest BCUT2D eigenvalue weighted by Crippen LogP contribution is -2.38. The van der Waals surface area contributed by atoms with E-state index in [1.807, 2.05) is 0 Å². The molecular weight excluding hydrogens is 244 g/mol. The number of carbonyl (C=O) groups excluding carboxylic acids is 1. The summed E-state index contributed by atoms with van der Waals surface area (Å²) in [5.41, 5.74) is 0. The lowest BCUT2D eigenvalue weighted by molar-refractivity contribution is -0.163. The molecule has 0 saturated heterocycles. The Balaban J connectivity index is 2.70. The van der Waals surface area contributed by atoms with Crippen LogP contribution < -0.4 is 0 Å². The predicted molar refractivity (Wildman–Crippen MR) is 57.6 cm³/mol. The van der Waals surface area contributed by atoms with E-state index in [1.165, 1.54) is 0 Å². The van der Waals surface area contributed by atoms with Crippen molar-refractivity contribution in [3.8, 4) is 0 Å². The number of carboxylic acids is 2. The first kappa shape index (κ1) is 14.4. The van der Waals surface area contributed by atoms with Gasteiger partial charge in [0.05, 0.1) is 24.4 Å². The molecule has 0 spiro atoms. The Morgan fingerprint density at radius 3 is 2.22 bits per heavy atom. The maximum absolute atomic E-state index is 11.6. The number of hydrogen-bond acceptors (Lipinski definition) is 5. The molecule has 0 aliphatic heterocycles. The molecule has 3 unspecified atom stereocenters. The van der Waals surface area contributed by atoms with Crippen molar-refractivity contribution in [2.24, 2.45) is 17.8 Å². The number of rotatable bonds is 5. The second-order valence-corrected chi connectivity index (χ2v) is 4.29. The maximum atomic E-state index is 11.6. The molecule has 1 aliphatic carbocycles. The average Bonchev–Trinajstić information content (AvgIpc) is 2.34. The highest BCUT2D eigenvalue weighted by Crippen LogP contribution is 2.35. The van der Waals surface area contributed by atoms with Crippen LogP contribution in [0, 0.1) is 17.8 Å². The molecule has 7 nitrogen and oxygen atoms in total. The lowest BCUT2D eigenvalue weighted by atomic mass is 9.74. The molecule has 0 heterocycles. The minimum atomic E-state index is -1.19. The van der Waals surface area contributed by atoms with Gasteiger partial charge >= 0.3 is 17.9 Å². The molecule has 7 heteroatoms. The van der Waals surface area contributed by atoms with Crippen LogP contribution >= 0.6 is 0 Å². The second kappa shape index (κ2) is 6.34. The van der Waals surface area contributed by atoms with E-state index in [-0.39, 0.29) is 32.5 Å². The van der Waals surface area contributed by atoms with Gasteiger partial charge in [0.25, 0.3) is 0 Å². The fourth-order valence-corrected chi connectivity index (χ4v) is 2.20. The summed E-state index contributed by atoms with van der Waals surface area (Å²) >= 11 is 0. The smallest absolute Gasteiger partial charge is 0.309 e.